The molecule has 0 amide bonds. The van der Waals surface area contributed by atoms with E-state index in [2.05, 4.69) is 20.3 Å². The van der Waals surface area contributed by atoms with E-state index < -0.39 is 40.9 Å². The van der Waals surface area contributed by atoms with Crippen LogP contribution in [-0.4, -0.2) is 28.6 Å². The predicted octanol–water partition coefficient (Wildman–Crippen LogP) is 6.06. The summed E-state index contributed by atoms with van der Waals surface area (Å²) in [6.07, 6.45) is -3.67. The van der Waals surface area contributed by atoms with Crippen molar-refractivity contribution in [1.29, 1.82) is 0 Å². The topological polar surface area (TPSA) is 69.2 Å². The summed E-state index contributed by atoms with van der Waals surface area (Å²) >= 11 is 0. The Morgan fingerprint density at radius 1 is 0.889 bits per heavy atom. The number of methoxy groups -OCH3 is 1. The Labute approximate surface area is 198 Å². The normalized spacial score (nSPS) is 11.6. The molecule has 4 rings (SSSR count). The Morgan fingerprint density at radius 2 is 1.64 bits per heavy atom. The zero-order valence-corrected chi connectivity index (χ0v) is 18.3. The van der Waals surface area contributed by atoms with Gasteiger partial charge in [-0.15, -0.1) is 0 Å². The number of aromatic nitrogens is 3. The fraction of sp³-hybridized carbons (Fsp3) is 0.174. The molecule has 0 bridgehead atoms. The Bertz CT molecular complexity index is 1430. The molecule has 0 aliphatic carbocycles. The number of hydrogen-bond donors (Lipinski definition) is 1. The van der Waals surface area contributed by atoms with Gasteiger partial charge in [0.15, 0.2) is 17.3 Å². The molecule has 2 heterocycles. The van der Waals surface area contributed by atoms with E-state index in [-0.39, 0.29) is 41.0 Å². The highest BCUT2D eigenvalue weighted by Gasteiger charge is 2.40. The average molecular weight is 512 g/mol. The summed E-state index contributed by atoms with van der Waals surface area (Å²) in [5.74, 6) is -6.41. The van der Waals surface area contributed by atoms with Gasteiger partial charge in [0.1, 0.15) is 34.9 Å². The van der Waals surface area contributed by atoms with Gasteiger partial charge in [0, 0.05) is 6.54 Å². The van der Waals surface area contributed by atoms with Crippen LogP contribution < -0.4 is 14.8 Å². The van der Waals surface area contributed by atoms with Crippen molar-refractivity contribution in [3.05, 3.63) is 77.3 Å². The van der Waals surface area contributed by atoms with Gasteiger partial charge in [0.25, 0.3) is 5.88 Å². The third-order valence-electron chi connectivity index (χ3n) is 5.05. The number of alkyl halides is 3. The zero-order chi connectivity index (χ0) is 26.0. The second kappa shape index (κ2) is 9.84. The molecule has 4 aromatic rings. The summed E-state index contributed by atoms with van der Waals surface area (Å²) < 4.78 is 105. The van der Waals surface area contributed by atoms with Crippen LogP contribution in [0.4, 0.5) is 36.6 Å². The highest BCUT2D eigenvalue weighted by atomic mass is 19.4. The highest BCUT2D eigenvalue weighted by Crippen LogP contribution is 2.38. The predicted molar refractivity (Wildman–Crippen MR) is 114 cm³/mol. The summed E-state index contributed by atoms with van der Waals surface area (Å²) in [7, 11) is 1.25. The molecule has 0 radical (unpaired) electrons. The van der Waals surface area contributed by atoms with Crippen LogP contribution in [0.2, 0.25) is 0 Å². The molecule has 0 spiro atoms. The molecule has 2 aromatic carbocycles. The summed E-state index contributed by atoms with van der Waals surface area (Å²) in [4.78, 5) is 11.0. The van der Waals surface area contributed by atoms with Crippen molar-refractivity contribution < 1.29 is 40.2 Å². The monoisotopic (exact) mass is 512 g/mol. The highest BCUT2D eigenvalue weighted by molar-refractivity contribution is 5.89. The van der Waals surface area contributed by atoms with Crippen LogP contribution >= 0.6 is 0 Å². The third-order valence-corrected chi connectivity index (χ3v) is 5.05. The number of ether oxygens (including phenoxy) is 2. The molecule has 0 atom stereocenters. The number of fused-ring (bicyclic) bond motifs is 1. The molecule has 0 aliphatic rings. The molecule has 0 unspecified atom stereocenters. The number of nitrogens with one attached hydrogen (secondary N) is 1. The van der Waals surface area contributed by atoms with Gasteiger partial charge in [-0.3, -0.25) is 0 Å². The smallest absolute Gasteiger partial charge is 0.422 e. The molecule has 13 heteroatoms. The molecular weight excluding hydrogens is 497 g/mol. The van der Waals surface area contributed by atoms with Gasteiger partial charge in [-0.25, -0.2) is 32.5 Å². The minimum Gasteiger partial charge on any atom is -0.493 e. The summed E-state index contributed by atoms with van der Waals surface area (Å²) in [6, 6.07) is 6.22. The lowest BCUT2D eigenvalue weighted by molar-refractivity contribution is -0.142. The molecule has 2 aromatic heterocycles. The molecular formula is C23H15F7N4O2. The van der Waals surface area contributed by atoms with E-state index in [0.29, 0.717) is 12.0 Å². The van der Waals surface area contributed by atoms with E-state index in [4.69, 9.17) is 9.47 Å². The second-order valence-corrected chi connectivity index (χ2v) is 7.34. The van der Waals surface area contributed by atoms with Crippen LogP contribution in [0.5, 0.6) is 17.4 Å². The van der Waals surface area contributed by atoms with Crippen molar-refractivity contribution in [2.45, 2.75) is 12.6 Å². The maximum Gasteiger partial charge on any atom is 0.422 e. The summed E-state index contributed by atoms with van der Waals surface area (Å²) in [6.45, 7) is 0.217. The quantitative estimate of drug-likeness (QED) is 0.304. The lowest BCUT2D eigenvalue weighted by atomic mass is 10.1. The lowest BCUT2D eigenvalue weighted by Gasteiger charge is -2.14. The van der Waals surface area contributed by atoms with Gasteiger partial charge >= 0.3 is 6.18 Å². The summed E-state index contributed by atoms with van der Waals surface area (Å²) in [5, 5.41) is 2.79. The number of halogens is 7. The van der Waals surface area contributed by atoms with Gasteiger partial charge in [0.2, 0.25) is 5.82 Å². The maximum absolute atomic E-state index is 14.3. The largest absolute Gasteiger partial charge is 0.493 e. The number of pyridine rings is 1. The molecule has 0 saturated carbocycles. The van der Waals surface area contributed by atoms with Crippen molar-refractivity contribution in [3.63, 3.8) is 0 Å². The van der Waals surface area contributed by atoms with Gasteiger partial charge in [-0.1, -0.05) is 6.07 Å². The molecule has 0 aliphatic heterocycles. The second-order valence-electron chi connectivity index (χ2n) is 7.34. The first-order chi connectivity index (χ1) is 17.1. The van der Waals surface area contributed by atoms with E-state index in [1.54, 1.807) is 0 Å². The lowest BCUT2D eigenvalue weighted by Crippen LogP contribution is -2.13. The summed E-state index contributed by atoms with van der Waals surface area (Å²) in [5.41, 5.74) is -1.66. The maximum atomic E-state index is 14.3. The van der Waals surface area contributed by atoms with Crippen LogP contribution in [0, 0.1) is 23.3 Å². The van der Waals surface area contributed by atoms with Crippen molar-refractivity contribution in [2.75, 3.05) is 19.0 Å². The Hall–Kier alpha value is -4.16. The molecule has 6 nitrogen and oxygen atoms in total. The molecule has 0 saturated heterocycles. The molecule has 1 N–H and O–H groups in total. The SMILES string of the molecule is COc1cc(CCNc2ncnc3c(F)ccc(F)c23)ccc1Oc1ncc(F)c(C(F)(F)F)c1F. The van der Waals surface area contributed by atoms with Gasteiger partial charge in [0.05, 0.1) is 18.7 Å². The Balaban J connectivity index is 1.51. The Morgan fingerprint density at radius 3 is 2.36 bits per heavy atom. The number of nitrogens with zero attached hydrogens (tertiary/aromatic N) is 3. The van der Waals surface area contributed by atoms with Gasteiger partial charge in [-0.05, 0) is 36.2 Å². The first-order valence-corrected chi connectivity index (χ1v) is 10.2. The fourth-order valence-corrected chi connectivity index (χ4v) is 3.40. The van der Waals surface area contributed by atoms with Crippen LogP contribution in [0.1, 0.15) is 11.1 Å². The van der Waals surface area contributed by atoms with E-state index in [9.17, 15) is 30.7 Å². The van der Waals surface area contributed by atoms with E-state index in [1.165, 1.54) is 25.3 Å². The number of benzene rings is 2. The minimum absolute atomic E-state index is 0.0344. The third kappa shape index (κ3) is 4.95. The van der Waals surface area contributed by atoms with Crippen LogP contribution in [0.3, 0.4) is 0 Å². The zero-order valence-electron chi connectivity index (χ0n) is 18.3. The van der Waals surface area contributed by atoms with E-state index in [0.717, 1.165) is 18.5 Å². The standard InChI is InChI=1S/C23H15F7N4O2/c1-35-16-8-11(6-7-31-21-17-12(24)3-4-13(25)20(17)33-10-34-21)2-5-15(16)36-22-19(27)18(23(28,29)30)14(26)9-32-22/h2-5,8-10H,6-7H2,1H3,(H,31,33,34). The molecule has 188 valence electrons. The van der Waals surface area contributed by atoms with Crippen LogP contribution in [0.25, 0.3) is 10.9 Å². The van der Waals surface area contributed by atoms with Gasteiger partial charge in [-0.2, -0.15) is 13.2 Å². The van der Waals surface area contributed by atoms with Crippen molar-refractivity contribution in [3.8, 4) is 17.4 Å². The number of hydrogen-bond acceptors (Lipinski definition) is 6. The number of anilines is 1. The number of rotatable bonds is 7. The molecule has 0 fully saturated rings. The average Bonchev–Trinajstić information content (AvgIpc) is 2.83. The first kappa shape index (κ1) is 24.9. The van der Waals surface area contributed by atoms with E-state index >= 15 is 0 Å². The van der Waals surface area contributed by atoms with Crippen LogP contribution in [-0.2, 0) is 12.6 Å². The minimum atomic E-state index is -5.29. The Kier molecular flexibility index (Phi) is 6.82. The first-order valence-electron chi connectivity index (χ1n) is 10.2. The van der Waals surface area contributed by atoms with Crippen LogP contribution in [0.15, 0.2) is 42.9 Å². The van der Waals surface area contributed by atoms with E-state index in [1.807, 2.05) is 0 Å². The fourth-order valence-electron chi connectivity index (χ4n) is 3.40. The van der Waals surface area contributed by atoms with Crippen molar-refractivity contribution in [1.82, 2.24) is 15.0 Å². The van der Waals surface area contributed by atoms with Gasteiger partial charge < -0.3 is 14.8 Å². The van der Waals surface area contributed by atoms with Crippen molar-refractivity contribution in [2.24, 2.45) is 0 Å². The molecule has 36 heavy (non-hydrogen) atoms. The van der Waals surface area contributed by atoms with Crippen molar-refractivity contribution >= 4 is 16.7 Å².